The van der Waals surface area contributed by atoms with Crippen LogP contribution in [0.15, 0.2) is 128 Å². The molecule has 1 aliphatic carbocycles. The predicted octanol–water partition coefficient (Wildman–Crippen LogP) is 11.8. The molecule has 0 radical (unpaired) electrons. The minimum absolute atomic E-state index is 0.235. The van der Waals surface area contributed by atoms with Crippen LogP contribution in [0, 0.1) is 29.1 Å². The predicted molar refractivity (Wildman–Crippen MR) is 209 cm³/mol. The van der Waals surface area contributed by atoms with Gasteiger partial charge in [0, 0.05) is 47.4 Å². The van der Waals surface area contributed by atoms with Gasteiger partial charge in [-0.3, -0.25) is 15.0 Å². The summed E-state index contributed by atoms with van der Waals surface area (Å²) in [5, 5.41) is 0. The van der Waals surface area contributed by atoms with Gasteiger partial charge in [-0.25, -0.2) is 22.0 Å². The summed E-state index contributed by atoms with van der Waals surface area (Å²) in [5.41, 5.74) is 10.2. The van der Waals surface area contributed by atoms with E-state index >= 15 is 0 Å². The van der Waals surface area contributed by atoms with Crippen molar-refractivity contribution in [1.82, 2.24) is 15.0 Å². The molecule has 1 fully saturated rings. The highest BCUT2D eigenvalue weighted by atomic mass is 19.1. The number of benzene rings is 4. The fourth-order valence-electron chi connectivity index (χ4n) is 7.14. The topological polar surface area (TPSA) is 38.7 Å². The first-order valence-electron chi connectivity index (χ1n) is 18.9. The molecule has 0 aliphatic heterocycles. The van der Waals surface area contributed by atoms with Gasteiger partial charge in [-0.1, -0.05) is 42.5 Å². The summed E-state index contributed by atoms with van der Waals surface area (Å²) in [5.74, 6) is -2.31. The zero-order valence-electron chi connectivity index (χ0n) is 30.6. The van der Waals surface area contributed by atoms with E-state index in [0.29, 0.717) is 28.6 Å². The van der Waals surface area contributed by atoms with Crippen molar-refractivity contribution in [2.24, 2.45) is 0 Å². The molecule has 8 heteroatoms. The van der Waals surface area contributed by atoms with Crippen molar-refractivity contribution in [1.29, 1.82) is 0 Å². The Morgan fingerprint density at radius 1 is 0.375 bits per heavy atom. The molecule has 3 aromatic heterocycles. The van der Waals surface area contributed by atoms with Gasteiger partial charge in [0.2, 0.25) is 0 Å². The molecule has 7 aromatic rings. The van der Waals surface area contributed by atoms with E-state index in [9.17, 15) is 22.0 Å². The van der Waals surface area contributed by atoms with E-state index in [0.717, 1.165) is 85.8 Å². The number of hydrogen-bond acceptors (Lipinski definition) is 3. The van der Waals surface area contributed by atoms with Gasteiger partial charge >= 0.3 is 0 Å². The Labute approximate surface area is 323 Å². The lowest BCUT2D eigenvalue weighted by molar-refractivity contribution is 0.584. The van der Waals surface area contributed by atoms with Gasteiger partial charge in [-0.15, -0.1) is 0 Å². The van der Waals surface area contributed by atoms with Crippen LogP contribution in [0.3, 0.4) is 0 Å². The maximum absolute atomic E-state index is 14.9. The fourth-order valence-corrected chi connectivity index (χ4v) is 7.14. The summed E-state index contributed by atoms with van der Waals surface area (Å²) >= 11 is 0. The highest BCUT2D eigenvalue weighted by molar-refractivity contribution is 5.62. The van der Waals surface area contributed by atoms with Crippen molar-refractivity contribution in [3.05, 3.63) is 196 Å². The van der Waals surface area contributed by atoms with Gasteiger partial charge in [0.1, 0.15) is 29.1 Å². The average molecular weight is 752 g/mol. The summed E-state index contributed by atoms with van der Waals surface area (Å²) in [6, 6.07) is 30.4. The molecular formula is C48H38F5N3. The second kappa shape index (κ2) is 16.4. The lowest BCUT2D eigenvalue weighted by Crippen LogP contribution is -2.01. The van der Waals surface area contributed by atoms with E-state index in [1.165, 1.54) is 41.0 Å². The molecule has 56 heavy (non-hydrogen) atoms. The fraction of sp³-hybridized carbons (Fsp3) is 0.188. The van der Waals surface area contributed by atoms with E-state index < -0.39 is 23.3 Å². The van der Waals surface area contributed by atoms with Crippen LogP contribution in [-0.2, 0) is 38.5 Å². The van der Waals surface area contributed by atoms with Crippen molar-refractivity contribution in [3.63, 3.8) is 0 Å². The zero-order chi connectivity index (χ0) is 38.6. The SMILES string of the molecule is Fc1ccc(-c2ccc(CCc3cc(CCc4ccc(-c5ccc(F)cc5F)nc4)cc(CCc4ccc(-c5ccc(C6CC6)cc5F)nc4)c3)cn2)c(F)c1. The average Bonchev–Trinajstić information content (AvgIpc) is 4.06. The molecule has 1 saturated carbocycles. The maximum atomic E-state index is 14.9. The molecule has 0 atom stereocenters. The Balaban J connectivity index is 0.967. The number of halogens is 5. The van der Waals surface area contributed by atoms with Gasteiger partial charge in [-0.05, 0) is 151 Å². The van der Waals surface area contributed by atoms with Gasteiger partial charge < -0.3 is 0 Å². The van der Waals surface area contributed by atoms with Gasteiger partial charge in [0.05, 0.1) is 17.1 Å². The third-order valence-electron chi connectivity index (χ3n) is 10.4. The molecule has 3 heterocycles. The van der Waals surface area contributed by atoms with Gasteiger partial charge in [-0.2, -0.15) is 0 Å². The third-order valence-corrected chi connectivity index (χ3v) is 10.4. The highest BCUT2D eigenvalue weighted by Gasteiger charge is 2.24. The summed E-state index contributed by atoms with van der Waals surface area (Å²) in [6.45, 7) is 0. The van der Waals surface area contributed by atoms with Gasteiger partial charge in [0.25, 0.3) is 0 Å². The van der Waals surface area contributed by atoms with E-state index in [1.807, 2.05) is 42.6 Å². The van der Waals surface area contributed by atoms with Gasteiger partial charge in [0.15, 0.2) is 0 Å². The minimum atomic E-state index is -0.651. The van der Waals surface area contributed by atoms with E-state index in [2.05, 4.69) is 33.2 Å². The van der Waals surface area contributed by atoms with Crippen molar-refractivity contribution in [3.8, 4) is 33.8 Å². The number of pyridine rings is 3. The van der Waals surface area contributed by atoms with E-state index in [1.54, 1.807) is 30.6 Å². The summed E-state index contributed by atoms with van der Waals surface area (Å²) in [7, 11) is 0. The second-order valence-electron chi connectivity index (χ2n) is 14.6. The molecule has 0 spiro atoms. The zero-order valence-corrected chi connectivity index (χ0v) is 30.6. The summed E-state index contributed by atoms with van der Waals surface area (Å²) < 4.78 is 70.5. The lowest BCUT2D eigenvalue weighted by atomic mass is 9.94. The van der Waals surface area contributed by atoms with E-state index in [-0.39, 0.29) is 16.9 Å². The highest BCUT2D eigenvalue weighted by Crippen LogP contribution is 2.41. The minimum Gasteiger partial charge on any atom is -0.256 e. The van der Waals surface area contributed by atoms with Crippen molar-refractivity contribution in [2.75, 3.05) is 0 Å². The number of aryl methyl sites for hydroxylation is 6. The molecule has 4 aromatic carbocycles. The van der Waals surface area contributed by atoms with Crippen LogP contribution in [0.2, 0.25) is 0 Å². The standard InChI is InChI=1S/C48H38F5N3/c49-38-13-16-41(44(52)25-38)47-19-8-31(28-55-47)2-5-34-21-33(4-1-30-7-18-46(54-27-30)40-15-12-37(24-43(40)51)36-10-11-36)22-35(23-34)6-3-32-9-20-48(56-29-32)42-17-14-39(50)26-45(42)53/h7-9,12-29,36H,1-6,10-11H2. The van der Waals surface area contributed by atoms with Crippen molar-refractivity contribution < 1.29 is 22.0 Å². The van der Waals surface area contributed by atoms with Crippen molar-refractivity contribution in [2.45, 2.75) is 57.3 Å². The van der Waals surface area contributed by atoms with Crippen LogP contribution in [-0.4, -0.2) is 15.0 Å². The Morgan fingerprint density at radius 3 is 1.05 bits per heavy atom. The van der Waals surface area contributed by atoms with Crippen LogP contribution in [0.4, 0.5) is 22.0 Å². The molecule has 0 amide bonds. The number of hydrogen-bond donors (Lipinski definition) is 0. The molecule has 0 unspecified atom stereocenters. The monoisotopic (exact) mass is 751 g/mol. The number of nitrogens with zero attached hydrogens (tertiary/aromatic N) is 3. The molecule has 0 bridgehead atoms. The Morgan fingerprint density at radius 2 is 0.732 bits per heavy atom. The molecule has 1 aliphatic rings. The Hall–Kier alpha value is -6.02. The smallest absolute Gasteiger partial charge is 0.135 e. The van der Waals surface area contributed by atoms with E-state index in [4.69, 9.17) is 0 Å². The molecule has 280 valence electrons. The summed E-state index contributed by atoms with van der Waals surface area (Å²) in [4.78, 5) is 13.5. The maximum Gasteiger partial charge on any atom is 0.135 e. The molecule has 0 saturated heterocycles. The first kappa shape index (κ1) is 36.9. The largest absolute Gasteiger partial charge is 0.256 e. The first-order chi connectivity index (χ1) is 27.2. The molecule has 3 nitrogen and oxygen atoms in total. The number of rotatable bonds is 13. The Kier molecular flexibility index (Phi) is 10.8. The molecule has 0 N–H and O–H groups in total. The van der Waals surface area contributed by atoms with Crippen LogP contribution in [0.25, 0.3) is 33.8 Å². The first-order valence-corrected chi connectivity index (χ1v) is 18.9. The van der Waals surface area contributed by atoms with Crippen LogP contribution < -0.4 is 0 Å². The third kappa shape index (κ3) is 8.92. The quantitative estimate of drug-likeness (QED) is 0.110. The second-order valence-corrected chi connectivity index (χ2v) is 14.6. The molecular weight excluding hydrogens is 714 g/mol. The summed E-state index contributed by atoms with van der Waals surface area (Å²) in [6.07, 6.45) is 12.1. The van der Waals surface area contributed by atoms with Crippen molar-refractivity contribution >= 4 is 0 Å². The normalized spacial score (nSPS) is 12.6. The van der Waals surface area contributed by atoms with Crippen LogP contribution in [0.5, 0.6) is 0 Å². The molecule has 8 rings (SSSR count). The van der Waals surface area contributed by atoms with Crippen LogP contribution >= 0.6 is 0 Å². The number of aromatic nitrogens is 3. The Bertz CT molecular complexity index is 2360. The lowest BCUT2D eigenvalue weighted by Gasteiger charge is -2.12. The van der Waals surface area contributed by atoms with Crippen LogP contribution in [0.1, 0.15) is 57.7 Å².